The van der Waals surface area contributed by atoms with Gasteiger partial charge in [0.2, 0.25) is 0 Å². The van der Waals surface area contributed by atoms with E-state index < -0.39 is 5.72 Å². The molecule has 110 valence electrons. The molecule has 6 heteroatoms. The second-order valence-electron chi connectivity index (χ2n) is 4.81. The fourth-order valence-corrected chi connectivity index (χ4v) is 2.68. The molecule has 1 heterocycles. The van der Waals surface area contributed by atoms with Crippen LogP contribution in [0.3, 0.4) is 0 Å². The summed E-state index contributed by atoms with van der Waals surface area (Å²) in [6.07, 6.45) is 0. The molecule has 2 aromatic rings. The number of hydrazone groups is 1. The molecular formula is C15H15Cl2N3O. The van der Waals surface area contributed by atoms with Crippen LogP contribution in [0.15, 0.2) is 48.5 Å². The quantitative estimate of drug-likeness (QED) is 0.479. The first kappa shape index (κ1) is 15.6. The lowest BCUT2D eigenvalue weighted by Crippen LogP contribution is -3.00. The lowest BCUT2D eigenvalue weighted by Gasteiger charge is -2.31. The SMILES string of the molecule is CC1=[N+](N)C(O)(c2ccccc2)c2cc(Cl)ccc2N1.[Cl-]. The van der Waals surface area contributed by atoms with Gasteiger partial charge < -0.3 is 17.5 Å². The highest BCUT2D eigenvalue weighted by molar-refractivity contribution is 6.30. The van der Waals surface area contributed by atoms with Crippen LogP contribution < -0.4 is 23.6 Å². The molecule has 1 atom stereocenters. The van der Waals surface area contributed by atoms with Crippen molar-refractivity contribution >= 4 is 23.1 Å². The molecule has 1 aliphatic heterocycles. The van der Waals surface area contributed by atoms with Crippen LogP contribution >= 0.6 is 11.6 Å². The predicted octanol–water partition coefficient (Wildman–Crippen LogP) is -0.733. The Balaban J connectivity index is 0.00000161. The van der Waals surface area contributed by atoms with Gasteiger partial charge in [0, 0.05) is 17.5 Å². The molecule has 0 amide bonds. The largest absolute Gasteiger partial charge is 1.00 e. The second-order valence-corrected chi connectivity index (χ2v) is 5.24. The average molecular weight is 324 g/mol. The molecule has 4 N–H and O–H groups in total. The van der Waals surface area contributed by atoms with E-state index in [1.165, 1.54) is 4.68 Å². The smallest absolute Gasteiger partial charge is 0.286 e. The molecule has 3 rings (SSSR count). The van der Waals surface area contributed by atoms with E-state index in [0.717, 1.165) is 5.69 Å². The number of amidine groups is 1. The molecule has 0 aliphatic carbocycles. The maximum absolute atomic E-state index is 11.2. The van der Waals surface area contributed by atoms with E-state index in [1.54, 1.807) is 12.1 Å². The van der Waals surface area contributed by atoms with Crippen molar-refractivity contribution in [2.45, 2.75) is 12.6 Å². The number of aliphatic hydroxyl groups is 1. The molecule has 0 bridgehead atoms. The first-order valence-electron chi connectivity index (χ1n) is 6.27. The summed E-state index contributed by atoms with van der Waals surface area (Å²) in [7, 11) is 0. The van der Waals surface area contributed by atoms with Gasteiger partial charge in [0.1, 0.15) is 5.69 Å². The zero-order valence-corrected chi connectivity index (χ0v) is 12.9. The van der Waals surface area contributed by atoms with Gasteiger partial charge in [0.15, 0.2) is 0 Å². The van der Waals surface area contributed by atoms with Crippen LogP contribution in [0, 0.1) is 0 Å². The van der Waals surface area contributed by atoms with Crippen LogP contribution in [0.2, 0.25) is 5.02 Å². The number of halogens is 2. The van der Waals surface area contributed by atoms with Gasteiger partial charge in [-0.1, -0.05) is 41.9 Å². The van der Waals surface area contributed by atoms with Gasteiger partial charge in [-0.25, -0.2) is 5.32 Å². The van der Waals surface area contributed by atoms with E-state index in [4.69, 9.17) is 17.4 Å². The number of hydrogen-bond acceptors (Lipinski definition) is 3. The van der Waals surface area contributed by atoms with Gasteiger partial charge in [-0.05, 0) is 18.2 Å². The number of nitrogens with zero attached hydrogens (tertiary/aromatic N) is 1. The fourth-order valence-electron chi connectivity index (χ4n) is 2.51. The van der Waals surface area contributed by atoms with Gasteiger partial charge >= 0.3 is 0 Å². The Bertz CT molecular complexity index is 703. The minimum atomic E-state index is -1.45. The zero-order chi connectivity index (χ0) is 14.3. The maximum atomic E-state index is 11.2. The maximum Gasteiger partial charge on any atom is 0.286 e. The number of anilines is 1. The molecule has 0 saturated carbocycles. The van der Waals surface area contributed by atoms with Crippen molar-refractivity contribution in [3.63, 3.8) is 0 Å². The minimum Gasteiger partial charge on any atom is -1.00 e. The second kappa shape index (κ2) is 5.56. The number of hydrogen-bond donors (Lipinski definition) is 3. The summed E-state index contributed by atoms with van der Waals surface area (Å²) in [6, 6.07) is 14.6. The van der Waals surface area contributed by atoms with Gasteiger partial charge in [0.25, 0.3) is 11.6 Å². The third-order valence-electron chi connectivity index (χ3n) is 3.56. The van der Waals surface area contributed by atoms with Crippen LogP contribution in [0.5, 0.6) is 0 Å². The summed E-state index contributed by atoms with van der Waals surface area (Å²) >= 11 is 6.07. The van der Waals surface area contributed by atoms with Gasteiger partial charge in [-0.3, -0.25) is 5.84 Å². The third-order valence-corrected chi connectivity index (χ3v) is 3.79. The Hall–Kier alpha value is -1.75. The van der Waals surface area contributed by atoms with E-state index in [9.17, 15) is 5.11 Å². The third kappa shape index (κ3) is 2.35. The van der Waals surface area contributed by atoms with Crippen molar-refractivity contribution in [3.05, 3.63) is 64.7 Å². The number of nitrogens with two attached hydrogens (primary N) is 1. The van der Waals surface area contributed by atoms with Crippen LogP contribution in [0.1, 0.15) is 18.1 Å². The van der Waals surface area contributed by atoms with Gasteiger partial charge in [-0.15, -0.1) is 4.68 Å². The topological polar surface area (TPSA) is 61.3 Å². The first-order chi connectivity index (χ1) is 9.53. The molecule has 4 nitrogen and oxygen atoms in total. The number of benzene rings is 2. The van der Waals surface area contributed by atoms with Crippen LogP contribution in [-0.4, -0.2) is 15.6 Å². The normalized spacial score (nSPS) is 20.3. The molecule has 0 fully saturated rings. The number of fused-ring (bicyclic) bond motifs is 1. The zero-order valence-electron chi connectivity index (χ0n) is 11.3. The fraction of sp³-hybridized carbons (Fsp3) is 0.133. The molecule has 21 heavy (non-hydrogen) atoms. The van der Waals surface area contributed by atoms with E-state index >= 15 is 0 Å². The highest BCUT2D eigenvalue weighted by Crippen LogP contribution is 2.38. The van der Waals surface area contributed by atoms with E-state index in [1.807, 2.05) is 43.3 Å². The molecule has 0 saturated heterocycles. The van der Waals surface area contributed by atoms with Crippen molar-refractivity contribution in [2.75, 3.05) is 5.32 Å². The number of nitrogens with one attached hydrogen (secondary N) is 1. The Morgan fingerprint density at radius 2 is 1.86 bits per heavy atom. The average Bonchev–Trinajstić information content (AvgIpc) is 2.47. The summed E-state index contributed by atoms with van der Waals surface area (Å²) in [5.74, 6) is 6.75. The van der Waals surface area contributed by atoms with Crippen LogP contribution in [0.25, 0.3) is 0 Å². The summed E-state index contributed by atoms with van der Waals surface area (Å²) in [5, 5.41) is 14.9. The van der Waals surface area contributed by atoms with E-state index in [0.29, 0.717) is 22.0 Å². The summed E-state index contributed by atoms with van der Waals surface area (Å²) in [5.41, 5.74) is 0.660. The van der Waals surface area contributed by atoms with Crippen molar-refractivity contribution in [1.82, 2.24) is 0 Å². The van der Waals surface area contributed by atoms with Crippen LogP contribution in [0.4, 0.5) is 5.69 Å². The molecule has 1 aliphatic rings. The first-order valence-corrected chi connectivity index (χ1v) is 6.64. The Labute approximate surface area is 134 Å². The number of rotatable bonds is 1. The van der Waals surface area contributed by atoms with Crippen LogP contribution in [-0.2, 0) is 5.72 Å². The van der Waals surface area contributed by atoms with Crippen molar-refractivity contribution in [3.8, 4) is 0 Å². The minimum absolute atomic E-state index is 0. The lowest BCUT2D eigenvalue weighted by molar-refractivity contribution is -0.667. The monoisotopic (exact) mass is 323 g/mol. The highest BCUT2D eigenvalue weighted by Gasteiger charge is 2.46. The number of hydrazine groups is 1. The molecule has 1 unspecified atom stereocenters. The molecular weight excluding hydrogens is 309 g/mol. The Morgan fingerprint density at radius 1 is 1.19 bits per heavy atom. The Morgan fingerprint density at radius 3 is 2.52 bits per heavy atom. The molecule has 0 aromatic heterocycles. The van der Waals surface area contributed by atoms with Crippen molar-refractivity contribution in [1.29, 1.82) is 0 Å². The summed E-state index contributed by atoms with van der Waals surface area (Å²) in [6.45, 7) is 1.81. The summed E-state index contributed by atoms with van der Waals surface area (Å²) in [4.78, 5) is 0. The van der Waals surface area contributed by atoms with Crippen molar-refractivity contribution < 1.29 is 22.2 Å². The summed E-state index contributed by atoms with van der Waals surface area (Å²) < 4.78 is 1.32. The van der Waals surface area contributed by atoms with E-state index in [2.05, 4.69) is 5.32 Å². The standard InChI is InChI=1S/C15H14ClN3O.ClH/c1-10-18-14-8-7-12(16)9-13(14)15(20,19(10)17)11-5-3-2-4-6-11;/h2-9,20H,17H2,1H3;1H. The Kier molecular flexibility index (Phi) is 4.14. The van der Waals surface area contributed by atoms with Crippen molar-refractivity contribution in [2.24, 2.45) is 5.84 Å². The molecule has 0 radical (unpaired) electrons. The van der Waals surface area contributed by atoms with Gasteiger partial charge in [-0.2, -0.15) is 0 Å². The lowest BCUT2D eigenvalue weighted by atomic mass is 9.91. The van der Waals surface area contributed by atoms with Gasteiger partial charge in [0.05, 0.1) is 5.56 Å². The molecule has 0 spiro atoms. The molecule has 2 aromatic carbocycles. The predicted molar refractivity (Wildman–Crippen MR) is 79.6 cm³/mol. The highest BCUT2D eigenvalue weighted by atomic mass is 35.5. The van der Waals surface area contributed by atoms with E-state index in [-0.39, 0.29) is 12.4 Å².